The van der Waals surface area contributed by atoms with E-state index in [2.05, 4.69) is 20.1 Å². The molecule has 4 atom stereocenters. The Morgan fingerprint density at radius 3 is 2.73 bits per heavy atom. The number of hydrogen-bond acceptors (Lipinski definition) is 8. The number of imidazole rings is 1. The fraction of sp³-hybridized carbons (Fsp3) is 0.424. The van der Waals surface area contributed by atoms with Crippen molar-refractivity contribution in [2.75, 3.05) is 37.7 Å². The van der Waals surface area contributed by atoms with Gasteiger partial charge in [0.25, 0.3) is 0 Å². The molecule has 0 radical (unpaired) electrons. The lowest BCUT2D eigenvalue weighted by Gasteiger charge is -2.34. The Hall–Kier alpha value is -4.16. The van der Waals surface area contributed by atoms with Gasteiger partial charge in [-0.05, 0) is 61.9 Å². The molecule has 232 valence electrons. The summed E-state index contributed by atoms with van der Waals surface area (Å²) in [5, 5.41) is 14.7. The first-order valence-electron chi connectivity index (χ1n) is 15.7. The number of phenolic OH excluding ortho intramolecular Hbond substituents is 1. The van der Waals surface area contributed by atoms with Gasteiger partial charge < -0.3 is 20.1 Å². The summed E-state index contributed by atoms with van der Waals surface area (Å²) < 4.78 is 52.7. The smallest absolute Gasteiger partial charge is 0.319 e. The van der Waals surface area contributed by atoms with Gasteiger partial charge in [-0.15, -0.1) is 0 Å². The summed E-state index contributed by atoms with van der Waals surface area (Å²) in [4.78, 5) is 18.9. The number of aromatic hydroxyl groups is 1. The highest BCUT2D eigenvalue weighted by molar-refractivity contribution is 6.04. The number of halogens is 3. The molecule has 4 aliphatic rings. The summed E-state index contributed by atoms with van der Waals surface area (Å²) in [6.07, 6.45) is 7.06. The first kappa shape index (κ1) is 27.2. The topological polar surface area (TPSA) is 91.1 Å². The van der Waals surface area contributed by atoms with Crippen LogP contribution in [0.4, 0.5) is 19.0 Å². The van der Waals surface area contributed by atoms with Gasteiger partial charge in [-0.3, -0.25) is 9.30 Å². The second-order valence-electron chi connectivity index (χ2n) is 13.1. The minimum atomic E-state index is -1.00. The minimum Gasteiger partial charge on any atom is -0.508 e. The summed E-state index contributed by atoms with van der Waals surface area (Å²) in [7, 11) is 0. The number of pyridine rings is 1. The highest BCUT2D eigenvalue weighted by Crippen LogP contribution is 2.42. The maximum Gasteiger partial charge on any atom is 0.319 e. The molecular weight excluding hydrogens is 583 g/mol. The van der Waals surface area contributed by atoms with Crippen molar-refractivity contribution >= 4 is 33.3 Å². The summed E-state index contributed by atoms with van der Waals surface area (Å²) in [5.41, 5.74) is 2.16. The number of nitrogens with zero attached hydrogens (tertiary/aromatic N) is 6. The van der Waals surface area contributed by atoms with Gasteiger partial charge in [0.15, 0.2) is 17.5 Å². The minimum absolute atomic E-state index is 0.0453. The van der Waals surface area contributed by atoms with E-state index in [-0.39, 0.29) is 29.3 Å². The van der Waals surface area contributed by atoms with Crippen LogP contribution in [0.3, 0.4) is 0 Å². The van der Waals surface area contributed by atoms with E-state index < -0.39 is 17.8 Å². The number of benzene rings is 2. The number of alkyl halides is 1. The maximum atomic E-state index is 15.4. The normalized spacial score (nSPS) is 26.5. The monoisotopic (exact) mass is 615 g/mol. The van der Waals surface area contributed by atoms with Gasteiger partial charge in [0, 0.05) is 67.0 Å². The molecule has 4 aliphatic heterocycles. The standard InChI is InChI=1S/C33H32F3N7O2/c34-19-13-33(6-1-8-42(33)14-19)17-45-32-39-26-12-24(23-11-22(44)10-18-2-5-25(35)28(36)27(18)23)30-37-7-9-43(30)29(26)31(40-32)41-15-20-3-4-21(16-41)38-20/h2,5,7,9-12,19-21,38,44H,1,3-4,6,8,13-17H2/t19-,20-,21+,33+/m1/s1. The largest absolute Gasteiger partial charge is 0.508 e. The van der Waals surface area contributed by atoms with Crippen LogP contribution < -0.4 is 15.0 Å². The third-order valence-corrected chi connectivity index (χ3v) is 10.3. The fourth-order valence-electron chi connectivity index (χ4n) is 8.35. The zero-order valence-electron chi connectivity index (χ0n) is 24.5. The van der Waals surface area contributed by atoms with Crippen molar-refractivity contribution in [2.45, 2.75) is 55.9 Å². The first-order valence-corrected chi connectivity index (χ1v) is 15.7. The highest BCUT2D eigenvalue weighted by atomic mass is 19.2. The van der Waals surface area contributed by atoms with E-state index in [4.69, 9.17) is 14.7 Å². The van der Waals surface area contributed by atoms with Crippen molar-refractivity contribution in [3.05, 3.63) is 54.4 Å². The highest BCUT2D eigenvalue weighted by Gasteiger charge is 2.49. The Labute approximate surface area is 256 Å². The Balaban J connectivity index is 1.24. The number of hydrogen-bond donors (Lipinski definition) is 2. The van der Waals surface area contributed by atoms with E-state index in [1.54, 1.807) is 12.3 Å². The summed E-state index contributed by atoms with van der Waals surface area (Å²) in [5.74, 6) is -1.36. The Bertz CT molecular complexity index is 1990. The van der Waals surface area contributed by atoms with E-state index in [0.29, 0.717) is 58.5 Å². The summed E-state index contributed by atoms with van der Waals surface area (Å²) >= 11 is 0. The molecule has 4 fully saturated rings. The molecule has 0 spiro atoms. The first-order chi connectivity index (χ1) is 21.8. The number of rotatable bonds is 5. The second-order valence-corrected chi connectivity index (χ2v) is 13.1. The fourth-order valence-corrected chi connectivity index (χ4v) is 8.35. The molecule has 0 aliphatic carbocycles. The van der Waals surface area contributed by atoms with Gasteiger partial charge in [0.1, 0.15) is 29.7 Å². The van der Waals surface area contributed by atoms with Crippen molar-refractivity contribution in [1.29, 1.82) is 0 Å². The van der Waals surface area contributed by atoms with Crippen molar-refractivity contribution < 1.29 is 23.0 Å². The van der Waals surface area contributed by atoms with Gasteiger partial charge in [-0.25, -0.2) is 18.2 Å². The van der Waals surface area contributed by atoms with Crippen LogP contribution in [0.25, 0.3) is 38.6 Å². The molecule has 0 unspecified atom stereocenters. The van der Waals surface area contributed by atoms with Crippen LogP contribution in [0.2, 0.25) is 0 Å². The maximum absolute atomic E-state index is 15.4. The number of piperazine rings is 1. The van der Waals surface area contributed by atoms with E-state index in [0.717, 1.165) is 56.9 Å². The van der Waals surface area contributed by atoms with Crippen LogP contribution in [0.5, 0.6) is 11.8 Å². The van der Waals surface area contributed by atoms with E-state index in [9.17, 15) is 13.9 Å². The third kappa shape index (κ3) is 4.25. The van der Waals surface area contributed by atoms with Gasteiger partial charge in [0.05, 0.1) is 11.1 Å². The molecule has 0 saturated carbocycles. The van der Waals surface area contributed by atoms with Crippen molar-refractivity contribution in [2.24, 2.45) is 0 Å². The van der Waals surface area contributed by atoms with Crippen LogP contribution in [0, 0.1) is 11.6 Å². The lowest BCUT2D eigenvalue weighted by Crippen LogP contribution is -2.51. The average Bonchev–Trinajstić information content (AvgIpc) is 3.80. The number of phenols is 1. The number of ether oxygens (including phenoxy) is 1. The number of nitrogens with one attached hydrogen (secondary N) is 1. The number of aromatic nitrogens is 4. The predicted octanol–water partition coefficient (Wildman–Crippen LogP) is 4.98. The zero-order chi connectivity index (χ0) is 30.4. The quantitative estimate of drug-likeness (QED) is 0.286. The SMILES string of the molecule is Oc1cc(-c2cc3nc(OC[C@@]45CCCN4C[C@H](F)C5)nc(N4C[C@H]5CC[C@@H](C4)N5)c3n3ccnc23)c2c(F)c(F)ccc2c1. The molecule has 5 aromatic rings. The van der Waals surface area contributed by atoms with Crippen LogP contribution in [0.1, 0.15) is 32.1 Å². The molecule has 45 heavy (non-hydrogen) atoms. The van der Waals surface area contributed by atoms with Crippen LogP contribution in [-0.4, -0.2) is 85.9 Å². The van der Waals surface area contributed by atoms with Gasteiger partial charge in [-0.1, -0.05) is 6.07 Å². The zero-order valence-corrected chi connectivity index (χ0v) is 24.5. The van der Waals surface area contributed by atoms with Crippen LogP contribution >= 0.6 is 0 Å². The number of anilines is 1. The molecule has 12 heteroatoms. The van der Waals surface area contributed by atoms with Crippen LogP contribution in [0.15, 0.2) is 42.7 Å². The molecular formula is C33H32F3N7O2. The number of fused-ring (bicyclic) bond motifs is 7. The van der Waals surface area contributed by atoms with Crippen molar-refractivity contribution in [3.63, 3.8) is 0 Å². The van der Waals surface area contributed by atoms with E-state index in [1.165, 1.54) is 18.2 Å². The molecule has 2 bridgehead atoms. The van der Waals surface area contributed by atoms with Gasteiger partial charge in [-0.2, -0.15) is 9.97 Å². The lowest BCUT2D eigenvalue weighted by molar-refractivity contribution is 0.107. The molecule has 0 amide bonds. The van der Waals surface area contributed by atoms with Gasteiger partial charge in [0.2, 0.25) is 0 Å². The predicted molar refractivity (Wildman–Crippen MR) is 164 cm³/mol. The molecule has 4 saturated heterocycles. The lowest BCUT2D eigenvalue weighted by atomic mass is 9.95. The van der Waals surface area contributed by atoms with Crippen LogP contribution in [-0.2, 0) is 0 Å². The summed E-state index contributed by atoms with van der Waals surface area (Å²) in [6.45, 7) is 3.10. The molecule has 7 heterocycles. The van der Waals surface area contributed by atoms with Crippen molar-refractivity contribution in [1.82, 2.24) is 29.6 Å². The van der Waals surface area contributed by atoms with Crippen molar-refractivity contribution in [3.8, 4) is 22.9 Å². The second kappa shape index (κ2) is 9.92. The van der Waals surface area contributed by atoms with E-state index >= 15 is 4.39 Å². The van der Waals surface area contributed by atoms with E-state index in [1.807, 2.05) is 10.6 Å². The average molecular weight is 616 g/mol. The molecule has 9 rings (SSSR count). The Morgan fingerprint density at radius 2 is 1.89 bits per heavy atom. The molecule has 2 N–H and O–H groups in total. The Kier molecular flexibility index (Phi) is 5.99. The summed E-state index contributed by atoms with van der Waals surface area (Å²) in [6, 6.07) is 8.01. The van der Waals surface area contributed by atoms with Gasteiger partial charge >= 0.3 is 6.01 Å². The molecule has 3 aromatic heterocycles. The molecule has 2 aromatic carbocycles. The third-order valence-electron chi connectivity index (χ3n) is 10.3. The molecule has 9 nitrogen and oxygen atoms in total. The Morgan fingerprint density at radius 1 is 1.04 bits per heavy atom.